The first-order valence-corrected chi connectivity index (χ1v) is 4.88. The highest BCUT2D eigenvalue weighted by Gasteiger charge is 2.18. The molecular weight excluding hydrogens is 240 g/mol. The maximum Gasteiger partial charge on any atom is 0.356 e. The number of aryl methyl sites for hydroxylation is 1. The van der Waals surface area contributed by atoms with Crippen molar-refractivity contribution in [3.05, 3.63) is 46.2 Å². The molecule has 0 aliphatic heterocycles. The molecule has 0 radical (unpaired) electrons. The fourth-order valence-corrected chi connectivity index (χ4v) is 1.42. The number of hydrogen-bond donors (Lipinski definition) is 1. The molecular formula is C10H8N4O4. The van der Waals surface area contributed by atoms with Gasteiger partial charge >= 0.3 is 11.7 Å². The van der Waals surface area contributed by atoms with Gasteiger partial charge < -0.3 is 5.11 Å². The zero-order chi connectivity index (χ0) is 13.3. The quantitative estimate of drug-likeness (QED) is 0.644. The van der Waals surface area contributed by atoms with Crippen LogP contribution in [0.4, 0.5) is 5.69 Å². The van der Waals surface area contributed by atoms with Crippen LogP contribution in [-0.2, 0) is 0 Å². The molecule has 0 bridgehead atoms. The number of carboxylic acids is 1. The average Bonchev–Trinajstić information content (AvgIpc) is 2.77. The van der Waals surface area contributed by atoms with E-state index in [9.17, 15) is 14.9 Å². The topological polar surface area (TPSA) is 111 Å². The Kier molecular flexibility index (Phi) is 2.76. The third kappa shape index (κ3) is 2.03. The zero-order valence-corrected chi connectivity index (χ0v) is 9.27. The van der Waals surface area contributed by atoms with Gasteiger partial charge in [-0.2, -0.15) is 0 Å². The Morgan fingerprint density at radius 3 is 2.78 bits per heavy atom. The zero-order valence-electron chi connectivity index (χ0n) is 9.27. The molecule has 2 aromatic rings. The van der Waals surface area contributed by atoms with E-state index in [0.717, 1.165) is 0 Å². The van der Waals surface area contributed by atoms with Crippen LogP contribution in [0, 0.1) is 17.0 Å². The second-order valence-corrected chi connectivity index (χ2v) is 3.52. The lowest BCUT2D eigenvalue weighted by Crippen LogP contribution is -2.02. The van der Waals surface area contributed by atoms with Crippen LogP contribution in [0.1, 0.15) is 16.2 Å². The summed E-state index contributed by atoms with van der Waals surface area (Å²) in [5.74, 6) is -1.16. The highest BCUT2D eigenvalue weighted by molar-refractivity contribution is 5.85. The molecule has 0 spiro atoms. The predicted molar refractivity (Wildman–Crippen MR) is 59.7 cm³/mol. The summed E-state index contributed by atoms with van der Waals surface area (Å²) in [5, 5.41) is 19.6. The molecule has 2 aromatic heterocycles. The maximum atomic E-state index is 10.9. The molecule has 0 unspecified atom stereocenters. The minimum Gasteiger partial charge on any atom is -0.476 e. The van der Waals surface area contributed by atoms with E-state index in [2.05, 4.69) is 9.97 Å². The molecule has 0 atom stereocenters. The van der Waals surface area contributed by atoms with Crippen LogP contribution < -0.4 is 0 Å². The molecule has 1 N–H and O–H groups in total. The summed E-state index contributed by atoms with van der Waals surface area (Å²) in [6, 6.07) is 2.83. The lowest BCUT2D eigenvalue weighted by atomic mass is 10.3. The van der Waals surface area contributed by atoms with Gasteiger partial charge in [0.2, 0.25) is 5.82 Å². The van der Waals surface area contributed by atoms with Gasteiger partial charge in [-0.05, 0) is 13.0 Å². The van der Waals surface area contributed by atoms with Gasteiger partial charge in [0.15, 0.2) is 5.69 Å². The van der Waals surface area contributed by atoms with Crippen molar-refractivity contribution in [1.29, 1.82) is 0 Å². The van der Waals surface area contributed by atoms with Crippen LogP contribution in [-0.4, -0.2) is 30.5 Å². The molecule has 0 aliphatic carbocycles. The number of rotatable bonds is 3. The Bertz CT molecular complexity index is 635. The minimum atomic E-state index is -1.20. The SMILES string of the molecule is Cc1ccc([N+](=O)[O-])c(-n2cnc(C(=O)O)c2)n1. The molecule has 8 nitrogen and oxygen atoms in total. The van der Waals surface area contributed by atoms with Gasteiger partial charge in [0.1, 0.15) is 6.33 Å². The molecule has 92 valence electrons. The van der Waals surface area contributed by atoms with Crippen LogP contribution >= 0.6 is 0 Å². The second-order valence-electron chi connectivity index (χ2n) is 3.52. The van der Waals surface area contributed by atoms with Gasteiger partial charge in [0.05, 0.1) is 4.92 Å². The molecule has 8 heteroatoms. The molecule has 2 heterocycles. The van der Waals surface area contributed by atoms with Crippen LogP contribution in [0.15, 0.2) is 24.7 Å². The van der Waals surface area contributed by atoms with Gasteiger partial charge in [0.25, 0.3) is 0 Å². The monoisotopic (exact) mass is 248 g/mol. The molecule has 0 amide bonds. The highest BCUT2D eigenvalue weighted by atomic mass is 16.6. The van der Waals surface area contributed by atoms with E-state index in [1.54, 1.807) is 6.92 Å². The van der Waals surface area contributed by atoms with Gasteiger partial charge in [-0.1, -0.05) is 0 Å². The van der Waals surface area contributed by atoms with E-state index in [-0.39, 0.29) is 17.2 Å². The van der Waals surface area contributed by atoms with E-state index in [1.165, 1.54) is 29.2 Å². The fourth-order valence-electron chi connectivity index (χ4n) is 1.42. The number of carboxylic acid groups (broad SMARTS) is 1. The van der Waals surface area contributed by atoms with Gasteiger partial charge in [-0.25, -0.2) is 14.8 Å². The van der Waals surface area contributed by atoms with E-state index in [1.807, 2.05) is 0 Å². The second kappa shape index (κ2) is 4.24. The van der Waals surface area contributed by atoms with E-state index < -0.39 is 10.9 Å². The van der Waals surface area contributed by atoms with E-state index >= 15 is 0 Å². The summed E-state index contributed by atoms with van der Waals surface area (Å²) in [4.78, 5) is 28.6. The standard InChI is InChI=1S/C10H8N4O4/c1-6-2-3-8(14(17)18)9(12-6)13-4-7(10(15)16)11-5-13/h2-5H,1H3,(H,15,16). The third-order valence-electron chi connectivity index (χ3n) is 2.24. The number of aromatic carboxylic acids is 1. The lowest BCUT2D eigenvalue weighted by Gasteiger charge is -2.03. The molecule has 0 aromatic carbocycles. The van der Waals surface area contributed by atoms with Crippen molar-refractivity contribution in [2.45, 2.75) is 6.92 Å². The van der Waals surface area contributed by atoms with Crippen molar-refractivity contribution in [3.8, 4) is 5.82 Å². The van der Waals surface area contributed by atoms with Crippen molar-refractivity contribution >= 4 is 11.7 Å². The highest BCUT2D eigenvalue weighted by Crippen LogP contribution is 2.21. The normalized spacial score (nSPS) is 10.3. The molecule has 18 heavy (non-hydrogen) atoms. The molecule has 2 rings (SSSR count). The summed E-state index contributed by atoms with van der Waals surface area (Å²) in [6.07, 6.45) is 2.36. The van der Waals surface area contributed by atoms with Crippen molar-refractivity contribution in [2.24, 2.45) is 0 Å². The Morgan fingerprint density at radius 1 is 1.50 bits per heavy atom. The van der Waals surface area contributed by atoms with Gasteiger partial charge in [-0.15, -0.1) is 0 Å². The van der Waals surface area contributed by atoms with Crippen molar-refractivity contribution in [3.63, 3.8) is 0 Å². The smallest absolute Gasteiger partial charge is 0.356 e. The van der Waals surface area contributed by atoms with Crippen molar-refractivity contribution < 1.29 is 14.8 Å². The summed E-state index contributed by atoms with van der Waals surface area (Å²) in [7, 11) is 0. The minimum absolute atomic E-state index is 0.0417. The molecule has 0 fully saturated rings. The Hall–Kier alpha value is -2.77. The van der Waals surface area contributed by atoms with Crippen LogP contribution in [0.2, 0.25) is 0 Å². The predicted octanol–water partition coefficient (Wildman–Crippen LogP) is 1.18. The summed E-state index contributed by atoms with van der Waals surface area (Å²) in [6.45, 7) is 1.68. The van der Waals surface area contributed by atoms with E-state index in [0.29, 0.717) is 5.69 Å². The average molecular weight is 248 g/mol. The number of carbonyl (C=O) groups is 1. The molecule has 0 saturated heterocycles. The Morgan fingerprint density at radius 2 is 2.22 bits per heavy atom. The largest absolute Gasteiger partial charge is 0.476 e. The van der Waals surface area contributed by atoms with Crippen LogP contribution in [0.3, 0.4) is 0 Å². The first kappa shape index (κ1) is 11.7. The number of aromatic nitrogens is 3. The van der Waals surface area contributed by atoms with Crippen LogP contribution in [0.5, 0.6) is 0 Å². The summed E-state index contributed by atoms with van der Waals surface area (Å²) < 4.78 is 1.22. The summed E-state index contributed by atoms with van der Waals surface area (Å²) in [5.41, 5.74) is 0.170. The number of nitrogens with zero attached hydrogens (tertiary/aromatic N) is 4. The number of pyridine rings is 1. The molecule has 0 saturated carbocycles. The number of nitro groups is 1. The van der Waals surface area contributed by atoms with Crippen molar-refractivity contribution in [2.75, 3.05) is 0 Å². The number of hydrogen-bond acceptors (Lipinski definition) is 5. The van der Waals surface area contributed by atoms with E-state index in [4.69, 9.17) is 5.11 Å². The summed E-state index contributed by atoms with van der Waals surface area (Å²) >= 11 is 0. The van der Waals surface area contributed by atoms with Gasteiger partial charge in [0, 0.05) is 18.0 Å². The fraction of sp³-hybridized carbons (Fsp3) is 0.100. The third-order valence-corrected chi connectivity index (χ3v) is 2.24. The Balaban J connectivity index is 2.57. The first-order valence-electron chi connectivity index (χ1n) is 4.88. The van der Waals surface area contributed by atoms with Gasteiger partial charge in [-0.3, -0.25) is 14.7 Å². The molecule has 0 aliphatic rings. The van der Waals surface area contributed by atoms with Crippen LogP contribution in [0.25, 0.3) is 5.82 Å². The lowest BCUT2D eigenvalue weighted by molar-refractivity contribution is -0.384. The Labute approximate surface area is 101 Å². The first-order chi connectivity index (χ1) is 8.49. The van der Waals surface area contributed by atoms with Crippen molar-refractivity contribution in [1.82, 2.24) is 14.5 Å². The number of imidazole rings is 1. The maximum absolute atomic E-state index is 10.9.